The van der Waals surface area contributed by atoms with E-state index < -0.39 is 0 Å². The molecule has 5 nitrogen and oxygen atoms in total. The molecule has 0 aromatic carbocycles. The zero-order valence-electron chi connectivity index (χ0n) is 12.4. The Kier molecular flexibility index (Phi) is 4.58. The van der Waals surface area contributed by atoms with Gasteiger partial charge in [0, 0.05) is 31.7 Å². The normalized spacial score (nSPS) is 19.5. The van der Waals surface area contributed by atoms with Gasteiger partial charge in [0.2, 0.25) is 0 Å². The second-order valence-electron chi connectivity index (χ2n) is 5.89. The lowest BCUT2D eigenvalue weighted by Gasteiger charge is -2.21. The molecule has 1 aromatic heterocycles. The van der Waals surface area contributed by atoms with Crippen LogP contribution in [-0.2, 0) is 0 Å². The largest absolute Gasteiger partial charge is 0.370 e. The van der Waals surface area contributed by atoms with E-state index in [1.54, 1.807) is 6.33 Å². The summed E-state index contributed by atoms with van der Waals surface area (Å²) in [6, 6.07) is 2.68. The average Bonchev–Trinajstić information content (AvgIpc) is 2.86. The first-order valence-corrected chi connectivity index (χ1v) is 7.03. The number of nitrogens with one attached hydrogen (secondary N) is 1. The smallest absolute Gasteiger partial charge is 0.134 e. The molecule has 0 amide bonds. The zero-order valence-corrected chi connectivity index (χ0v) is 12.4. The lowest BCUT2D eigenvalue weighted by molar-refractivity contribution is 0.315. The van der Waals surface area contributed by atoms with Gasteiger partial charge in [-0.1, -0.05) is 13.8 Å². The van der Waals surface area contributed by atoms with Crippen LogP contribution in [0, 0.1) is 5.92 Å². The summed E-state index contributed by atoms with van der Waals surface area (Å²) in [5, 5.41) is 3.35. The van der Waals surface area contributed by atoms with Crippen LogP contribution in [-0.4, -0.2) is 54.6 Å². The third-order valence-corrected chi connectivity index (χ3v) is 3.56. The van der Waals surface area contributed by atoms with Crippen molar-refractivity contribution in [3.8, 4) is 0 Å². The van der Waals surface area contributed by atoms with Gasteiger partial charge in [0.15, 0.2) is 0 Å². The van der Waals surface area contributed by atoms with Crippen molar-refractivity contribution >= 4 is 11.6 Å². The van der Waals surface area contributed by atoms with Crippen LogP contribution in [0.15, 0.2) is 12.4 Å². The summed E-state index contributed by atoms with van der Waals surface area (Å²) in [4.78, 5) is 13.3. The van der Waals surface area contributed by atoms with Gasteiger partial charge in [-0.2, -0.15) is 0 Å². The van der Waals surface area contributed by atoms with Crippen LogP contribution in [0.25, 0.3) is 0 Å². The van der Waals surface area contributed by atoms with Crippen molar-refractivity contribution in [2.45, 2.75) is 26.3 Å². The summed E-state index contributed by atoms with van der Waals surface area (Å²) in [5.41, 5.74) is 0. The molecule has 2 rings (SSSR count). The topological polar surface area (TPSA) is 44.3 Å². The van der Waals surface area contributed by atoms with Crippen LogP contribution in [0.4, 0.5) is 11.6 Å². The van der Waals surface area contributed by atoms with Crippen LogP contribution < -0.4 is 10.2 Å². The van der Waals surface area contributed by atoms with Gasteiger partial charge in [0.1, 0.15) is 18.0 Å². The number of aromatic nitrogens is 2. The number of nitrogens with zero attached hydrogens (tertiary/aromatic N) is 4. The van der Waals surface area contributed by atoms with Gasteiger partial charge < -0.3 is 15.1 Å². The van der Waals surface area contributed by atoms with Gasteiger partial charge >= 0.3 is 0 Å². The summed E-state index contributed by atoms with van der Waals surface area (Å²) >= 11 is 0. The van der Waals surface area contributed by atoms with E-state index in [4.69, 9.17) is 0 Å². The van der Waals surface area contributed by atoms with E-state index in [1.165, 1.54) is 6.42 Å². The molecule has 0 aliphatic carbocycles. The van der Waals surface area contributed by atoms with Gasteiger partial charge in [0.25, 0.3) is 0 Å². The van der Waals surface area contributed by atoms with Gasteiger partial charge in [0.05, 0.1) is 0 Å². The predicted molar refractivity (Wildman–Crippen MR) is 79.7 cm³/mol. The Morgan fingerprint density at radius 2 is 2.21 bits per heavy atom. The highest BCUT2D eigenvalue weighted by molar-refractivity contribution is 5.49. The molecular formula is C14H25N5. The van der Waals surface area contributed by atoms with Gasteiger partial charge in [-0.3, -0.25) is 0 Å². The van der Waals surface area contributed by atoms with Crippen LogP contribution in [0.1, 0.15) is 20.3 Å². The fourth-order valence-corrected chi connectivity index (χ4v) is 2.30. The molecule has 106 valence electrons. The number of rotatable bonds is 5. The molecule has 1 aliphatic rings. The van der Waals surface area contributed by atoms with Crippen molar-refractivity contribution in [3.63, 3.8) is 0 Å². The molecular weight excluding hydrogens is 238 g/mol. The van der Waals surface area contributed by atoms with Gasteiger partial charge in [-0.05, 0) is 26.4 Å². The standard InChI is InChI=1S/C14H25N5/c1-11(2)8-15-13-7-14(17-10-16-13)19-6-5-12(9-19)18(3)4/h7,10-12H,5-6,8-9H2,1-4H3,(H,15,16,17)/t12-/m1/s1. The molecule has 1 N–H and O–H groups in total. The van der Waals surface area contributed by atoms with Crippen molar-refractivity contribution in [1.82, 2.24) is 14.9 Å². The third-order valence-electron chi connectivity index (χ3n) is 3.56. The molecule has 1 saturated heterocycles. The molecule has 5 heteroatoms. The average molecular weight is 263 g/mol. The molecule has 0 spiro atoms. The summed E-state index contributed by atoms with van der Waals surface area (Å²) in [7, 11) is 4.29. The molecule has 0 saturated carbocycles. The minimum atomic E-state index is 0.614. The van der Waals surface area contributed by atoms with E-state index in [0.717, 1.165) is 31.3 Å². The molecule has 1 aromatic rings. The Hall–Kier alpha value is -1.36. The van der Waals surface area contributed by atoms with Crippen LogP contribution in [0.5, 0.6) is 0 Å². The number of hydrogen-bond acceptors (Lipinski definition) is 5. The van der Waals surface area contributed by atoms with Crippen molar-refractivity contribution in [2.24, 2.45) is 5.92 Å². The summed E-state index contributed by atoms with van der Waals surface area (Å²) < 4.78 is 0. The predicted octanol–water partition coefficient (Wildman–Crippen LogP) is 1.68. The number of likely N-dealkylation sites (N-methyl/N-ethyl adjacent to an activating group) is 1. The third kappa shape index (κ3) is 3.80. The fraction of sp³-hybridized carbons (Fsp3) is 0.714. The zero-order chi connectivity index (χ0) is 13.8. The van der Waals surface area contributed by atoms with E-state index >= 15 is 0 Å². The first kappa shape index (κ1) is 14.1. The van der Waals surface area contributed by atoms with Crippen molar-refractivity contribution in [1.29, 1.82) is 0 Å². The monoisotopic (exact) mass is 263 g/mol. The first-order chi connectivity index (χ1) is 9.06. The maximum absolute atomic E-state index is 4.40. The van der Waals surface area contributed by atoms with Crippen molar-refractivity contribution < 1.29 is 0 Å². The molecule has 0 bridgehead atoms. The summed E-state index contributed by atoms with van der Waals surface area (Å²) in [6.45, 7) is 7.45. The van der Waals surface area contributed by atoms with Gasteiger partial charge in [-0.15, -0.1) is 0 Å². The Morgan fingerprint density at radius 3 is 2.84 bits per heavy atom. The lowest BCUT2D eigenvalue weighted by atomic mass is 10.2. The second-order valence-corrected chi connectivity index (χ2v) is 5.89. The van der Waals surface area contributed by atoms with Crippen LogP contribution in [0.3, 0.4) is 0 Å². The van der Waals surface area contributed by atoms with Crippen molar-refractivity contribution in [3.05, 3.63) is 12.4 Å². The van der Waals surface area contributed by atoms with Gasteiger partial charge in [-0.25, -0.2) is 9.97 Å². The van der Waals surface area contributed by atoms with Crippen LogP contribution in [0.2, 0.25) is 0 Å². The first-order valence-electron chi connectivity index (χ1n) is 7.03. The van der Waals surface area contributed by atoms with E-state index in [2.05, 4.69) is 59.1 Å². The molecule has 1 atom stereocenters. The fourth-order valence-electron chi connectivity index (χ4n) is 2.30. The van der Waals surface area contributed by atoms with E-state index in [1.807, 2.05) is 0 Å². The molecule has 0 unspecified atom stereocenters. The minimum absolute atomic E-state index is 0.614. The van der Waals surface area contributed by atoms with Crippen molar-refractivity contribution in [2.75, 3.05) is 43.9 Å². The highest BCUT2D eigenvalue weighted by atomic mass is 15.3. The summed E-state index contributed by atoms with van der Waals surface area (Å²) in [6.07, 6.45) is 2.85. The van der Waals surface area contributed by atoms with Crippen LogP contribution >= 0.6 is 0 Å². The second kappa shape index (κ2) is 6.19. The lowest BCUT2D eigenvalue weighted by Crippen LogP contribution is -2.31. The molecule has 19 heavy (non-hydrogen) atoms. The SMILES string of the molecule is CC(C)CNc1cc(N2CC[C@@H](N(C)C)C2)ncn1. The Bertz CT molecular complexity index is 405. The molecule has 1 aliphatic heterocycles. The molecule has 2 heterocycles. The maximum atomic E-state index is 4.40. The number of anilines is 2. The Labute approximate surface area is 116 Å². The van der Waals surface area contributed by atoms with E-state index in [-0.39, 0.29) is 0 Å². The maximum Gasteiger partial charge on any atom is 0.134 e. The van der Waals surface area contributed by atoms with E-state index in [9.17, 15) is 0 Å². The molecule has 0 radical (unpaired) electrons. The number of hydrogen-bond donors (Lipinski definition) is 1. The summed E-state index contributed by atoms with van der Waals surface area (Å²) in [5.74, 6) is 2.57. The van der Waals surface area contributed by atoms with E-state index in [0.29, 0.717) is 12.0 Å². The minimum Gasteiger partial charge on any atom is -0.370 e. The Morgan fingerprint density at radius 1 is 1.42 bits per heavy atom. The quantitative estimate of drug-likeness (QED) is 0.875. The molecule has 1 fully saturated rings. The Balaban J connectivity index is 1.99. The highest BCUT2D eigenvalue weighted by Gasteiger charge is 2.24. The highest BCUT2D eigenvalue weighted by Crippen LogP contribution is 2.21.